The van der Waals surface area contributed by atoms with Gasteiger partial charge in [-0.3, -0.25) is 0 Å². The van der Waals surface area contributed by atoms with Gasteiger partial charge in [-0.2, -0.15) is 8.42 Å². The lowest BCUT2D eigenvalue weighted by atomic mass is 10.1. The Morgan fingerprint density at radius 2 is 1.77 bits per heavy atom. The van der Waals surface area contributed by atoms with E-state index in [1.54, 1.807) is 30.3 Å². The number of rotatable bonds is 2. The van der Waals surface area contributed by atoms with Crippen LogP contribution in [0.2, 0.25) is 0 Å². The number of fused-ring (bicyclic) bond motifs is 1. The molecular weight excluding hydrogens is 296 g/mol. The molecular formula is C17H16N2O2S. The van der Waals surface area contributed by atoms with Gasteiger partial charge in [0.1, 0.15) is 10.7 Å². The molecule has 0 atom stereocenters. The molecule has 0 radical (unpaired) electrons. The van der Waals surface area contributed by atoms with Crippen molar-refractivity contribution in [2.45, 2.75) is 18.7 Å². The molecule has 3 rings (SSSR count). The SMILES string of the molecule is Cc1ccc(/C=C/C2=NS(=O)(=O)c3ccccc3N2)cc1C. The summed E-state index contributed by atoms with van der Waals surface area (Å²) in [5.41, 5.74) is 3.97. The number of anilines is 1. The lowest BCUT2D eigenvalue weighted by molar-refractivity contribution is 0.598. The quantitative estimate of drug-likeness (QED) is 0.923. The molecule has 1 N–H and O–H groups in total. The van der Waals surface area contributed by atoms with Crippen LogP contribution in [0.5, 0.6) is 0 Å². The fourth-order valence-corrected chi connectivity index (χ4v) is 3.36. The number of sulfonamides is 1. The maximum Gasteiger partial charge on any atom is 0.286 e. The van der Waals surface area contributed by atoms with Crippen molar-refractivity contribution < 1.29 is 8.42 Å². The molecule has 0 amide bonds. The topological polar surface area (TPSA) is 58.5 Å². The summed E-state index contributed by atoms with van der Waals surface area (Å²) in [6, 6.07) is 12.8. The van der Waals surface area contributed by atoms with E-state index in [4.69, 9.17) is 0 Å². The molecule has 0 aliphatic carbocycles. The minimum atomic E-state index is -3.64. The Balaban J connectivity index is 1.92. The van der Waals surface area contributed by atoms with E-state index >= 15 is 0 Å². The molecule has 0 aromatic heterocycles. The van der Waals surface area contributed by atoms with E-state index in [1.807, 2.05) is 25.1 Å². The number of hydrogen-bond donors (Lipinski definition) is 1. The standard InChI is InChI=1S/C17H16N2O2S/c1-12-7-8-14(11-13(12)2)9-10-17-18-15-5-3-4-6-16(15)22(20,21)19-17/h3-11H,1-2H3,(H,18,19)/b10-9+. The number of para-hydroxylation sites is 1. The Morgan fingerprint density at radius 1 is 1.00 bits per heavy atom. The Labute approximate surface area is 130 Å². The first kappa shape index (κ1) is 14.5. The zero-order valence-corrected chi connectivity index (χ0v) is 13.2. The third-order valence-corrected chi connectivity index (χ3v) is 4.96. The number of amidine groups is 1. The summed E-state index contributed by atoms with van der Waals surface area (Å²) in [4.78, 5) is 0.207. The molecule has 0 saturated heterocycles. The Morgan fingerprint density at radius 3 is 2.55 bits per heavy atom. The second kappa shape index (κ2) is 5.42. The van der Waals surface area contributed by atoms with Crippen molar-refractivity contribution in [1.82, 2.24) is 0 Å². The number of nitrogens with one attached hydrogen (secondary N) is 1. The Kier molecular flexibility index (Phi) is 3.58. The molecule has 2 aromatic carbocycles. The smallest absolute Gasteiger partial charge is 0.286 e. The van der Waals surface area contributed by atoms with Crippen LogP contribution < -0.4 is 5.32 Å². The zero-order chi connectivity index (χ0) is 15.7. The van der Waals surface area contributed by atoms with Crippen molar-refractivity contribution in [2.75, 3.05) is 5.32 Å². The van der Waals surface area contributed by atoms with Crippen LogP contribution in [0.15, 0.2) is 57.8 Å². The lowest BCUT2D eigenvalue weighted by Crippen LogP contribution is -2.19. The maximum atomic E-state index is 12.1. The van der Waals surface area contributed by atoms with Gasteiger partial charge in [-0.25, -0.2) is 0 Å². The Bertz CT molecular complexity index is 897. The van der Waals surface area contributed by atoms with Crippen molar-refractivity contribution >= 4 is 27.6 Å². The van der Waals surface area contributed by atoms with Gasteiger partial charge in [0, 0.05) is 0 Å². The lowest BCUT2D eigenvalue weighted by Gasteiger charge is -2.15. The predicted molar refractivity (Wildman–Crippen MR) is 89.6 cm³/mol. The first-order valence-electron chi connectivity index (χ1n) is 6.92. The van der Waals surface area contributed by atoms with Crippen LogP contribution in [0, 0.1) is 13.8 Å². The molecule has 2 aromatic rings. The van der Waals surface area contributed by atoms with Crippen LogP contribution in [0.4, 0.5) is 5.69 Å². The minimum Gasteiger partial charge on any atom is -0.338 e. The molecule has 0 unspecified atom stereocenters. The van der Waals surface area contributed by atoms with Gasteiger partial charge in [0.15, 0.2) is 0 Å². The van der Waals surface area contributed by atoms with E-state index in [-0.39, 0.29) is 4.90 Å². The summed E-state index contributed by atoms with van der Waals surface area (Å²) in [5.74, 6) is 0.317. The number of hydrogen-bond acceptors (Lipinski definition) is 3. The van der Waals surface area contributed by atoms with Crippen LogP contribution in [-0.2, 0) is 10.0 Å². The molecule has 0 saturated carbocycles. The highest BCUT2D eigenvalue weighted by Gasteiger charge is 2.22. The summed E-state index contributed by atoms with van der Waals surface area (Å²) in [6.45, 7) is 4.10. The first-order valence-corrected chi connectivity index (χ1v) is 8.36. The van der Waals surface area contributed by atoms with Crippen molar-refractivity contribution in [3.05, 3.63) is 65.2 Å². The monoisotopic (exact) mass is 312 g/mol. The highest BCUT2D eigenvalue weighted by Crippen LogP contribution is 2.26. The third-order valence-electron chi connectivity index (χ3n) is 3.61. The van der Waals surface area contributed by atoms with Gasteiger partial charge in [-0.05, 0) is 48.7 Å². The maximum absolute atomic E-state index is 12.1. The second-order valence-electron chi connectivity index (χ2n) is 5.25. The van der Waals surface area contributed by atoms with Gasteiger partial charge in [-0.15, -0.1) is 4.40 Å². The van der Waals surface area contributed by atoms with Gasteiger partial charge in [0.2, 0.25) is 0 Å². The third kappa shape index (κ3) is 2.80. The molecule has 0 bridgehead atoms. The second-order valence-corrected chi connectivity index (χ2v) is 6.82. The molecule has 22 heavy (non-hydrogen) atoms. The largest absolute Gasteiger partial charge is 0.338 e. The van der Waals surface area contributed by atoms with Gasteiger partial charge in [0.05, 0.1) is 5.69 Å². The summed E-state index contributed by atoms with van der Waals surface area (Å²) < 4.78 is 28.1. The number of nitrogens with zero attached hydrogens (tertiary/aromatic N) is 1. The van der Waals surface area contributed by atoms with Crippen molar-refractivity contribution in [3.8, 4) is 0 Å². The molecule has 5 heteroatoms. The van der Waals surface area contributed by atoms with Crippen molar-refractivity contribution in [2.24, 2.45) is 4.40 Å². The molecule has 0 fully saturated rings. The molecule has 112 valence electrons. The van der Waals surface area contributed by atoms with Gasteiger partial charge >= 0.3 is 0 Å². The highest BCUT2D eigenvalue weighted by atomic mass is 32.2. The van der Waals surface area contributed by atoms with E-state index in [1.165, 1.54) is 11.1 Å². The first-order chi connectivity index (χ1) is 10.5. The molecule has 0 spiro atoms. The van der Waals surface area contributed by atoms with E-state index in [0.29, 0.717) is 11.5 Å². The van der Waals surface area contributed by atoms with Crippen molar-refractivity contribution in [1.29, 1.82) is 0 Å². The van der Waals surface area contributed by atoms with Gasteiger partial charge < -0.3 is 5.32 Å². The summed E-state index contributed by atoms with van der Waals surface area (Å²) in [7, 11) is -3.64. The van der Waals surface area contributed by atoms with Crippen LogP contribution in [0.25, 0.3) is 6.08 Å². The van der Waals surface area contributed by atoms with E-state index < -0.39 is 10.0 Å². The summed E-state index contributed by atoms with van der Waals surface area (Å²) >= 11 is 0. The van der Waals surface area contributed by atoms with Crippen LogP contribution in [-0.4, -0.2) is 14.3 Å². The van der Waals surface area contributed by atoms with Crippen LogP contribution in [0.1, 0.15) is 16.7 Å². The van der Waals surface area contributed by atoms with Crippen LogP contribution in [0.3, 0.4) is 0 Å². The molecule has 1 heterocycles. The van der Waals surface area contributed by atoms with Crippen LogP contribution >= 0.6 is 0 Å². The van der Waals surface area contributed by atoms with E-state index in [2.05, 4.69) is 22.7 Å². The molecule has 1 aliphatic heterocycles. The normalized spacial score (nSPS) is 16.0. The van der Waals surface area contributed by atoms with Gasteiger partial charge in [0.25, 0.3) is 10.0 Å². The van der Waals surface area contributed by atoms with E-state index in [0.717, 1.165) is 5.56 Å². The average Bonchev–Trinajstić information content (AvgIpc) is 2.48. The van der Waals surface area contributed by atoms with E-state index in [9.17, 15) is 8.42 Å². The number of aryl methyl sites for hydroxylation is 2. The predicted octanol–water partition coefficient (Wildman–Crippen LogP) is 3.53. The van der Waals surface area contributed by atoms with Crippen molar-refractivity contribution in [3.63, 3.8) is 0 Å². The summed E-state index contributed by atoms with van der Waals surface area (Å²) in [5, 5.41) is 3.03. The molecule has 4 nitrogen and oxygen atoms in total. The van der Waals surface area contributed by atoms with Gasteiger partial charge in [-0.1, -0.05) is 36.4 Å². The highest BCUT2D eigenvalue weighted by molar-refractivity contribution is 7.90. The zero-order valence-electron chi connectivity index (χ0n) is 12.4. The average molecular weight is 312 g/mol. The minimum absolute atomic E-state index is 0.207. The Hall–Kier alpha value is -2.40. The molecule has 1 aliphatic rings. The summed E-state index contributed by atoms with van der Waals surface area (Å²) in [6.07, 6.45) is 3.53. The fraction of sp³-hybridized carbons (Fsp3) is 0.118. The fourth-order valence-electron chi connectivity index (χ4n) is 2.25. The number of benzene rings is 2.